The fourth-order valence-corrected chi connectivity index (χ4v) is 4.01. The van der Waals surface area contributed by atoms with Crippen molar-refractivity contribution in [1.29, 1.82) is 5.26 Å². The van der Waals surface area contributed by atoms with Crippen molar-refractivity contribution in [2.24, 2.45) is 0 Å². The van der Waals surface area contributed by atoms with Crippen LogP contribution in [0, 0.1) is 11.3 Å². The number of methoxy groups -OCH3 is 1. The third-order valence-electron chi connectivity index (χ3n) is 4.35. The van der Waals surface area contributed by atoms with Crippen LogP contribution in [0.3, 0.4) is 0 Å². The summed E-state index contributed by atoms with van der Waals surface area (Å²) in [7, 11) is -2.26. The van der Waals surface area contributed by atoms with Crippen LogP contribution in [0.5, 0.6) is 5.75 Å². The molecule has 0 radical (unpaired) electrons. The van der Waals surface area contributed by atoms with Gasteiger partial charge in [0.05, 0.1) is 36.4 Å². The lowest BCUT2D eigenvalue weighted by molar-refractivity contribution is 0.415. The fourth-order valence-electron chi connectivity index (χ4n) is 2.80. The molecule has 0 aliphatic rings. The Hall–Kier alpha value is -3.56. The molecule has 0 atom stereocenters. The van der Waals surface area contributed by atoms with Crippen molar-refractivity contribution in [2.75, 3.05) is 11.4 Å². The molecule has 3 aromatic carbocycles. The summed E-state index contributed by atoms with van der Waals surface area (Å²) in [6.07, 6.45) is 1.56. The predicted molar refractivity (Wildman–Crippen MR) is 115 cm³/mol. The molecule has 0 aromatic heterocycles. The summed E-state index contributed by atoms with van der Waals surface area (Å²) < 4.78 is 32.8. The Kier molecular flexibility index (Phi) is 6.32. The zero-order valence-electron chi connectivity index (χ0n) is 15.9. The maximum Gasteiger partial charge on any atom is 0.257 e. The second-order valence-corrected chi connectivity index (χ2v) is 7.97. The molecule has 29 heavy (non-hydrogen) atoms. The van der Waals surface area contributed by atoms with Crippen LogP contribution in [0.2, 0.25) is 0 Å². The molecule has 5 nitrogen and oxygen atoms in total. The van der Waals surface area contributed by atoms with E-state index in [0.717, 1.165) is 5.56 Å². The van der Waals surface area contributed by atoms with Crippen molar-refractivity contribution < 1.29 is 13.2 Å². The summed E-state index contributed by atoms with van der Waals surface area (Å²) in [5.41, 5.74) is 2.33. The number of nitriles is 1. The van der Waals surface area contributed by atoms with E-state index in [1.54, 1.807) is 61.7 Å². The molecule has 3 rings (SSSR count). The van der Waals surface area contributed by atoms with Gasteiger partial charge in [-0.05, 0) is 47.5 Å². The number of nitrogens with zero attached hydrogens (tertiary/aromatic N) is 2. The Bertz CT molecular complexity index is 1130. The van der Waals surface area contributed by atoms with Gasteiger partial charge >= 0.3 is 0 Å². The smallest absolute Gasteiger partial charge is 0.257 e. The number of benzene rings is 3. The Balaban J connectivity index is 2.01. The average Bonchev–Trinajstić information content (AvgIpc) is 2.77. The third-order valence-corrected chi connectivity index (χ3v) is 5.79. The summed E-state index contributed by atoms with van der Waals surface area (Å²) in [6.45, 7) is 0.0392. The Morgan fingerprint density at radius 1 is 0.966 bits per heavy atom. The van der Waals surface area contributed by atoms with Gasteiger partial charge in [0.15, 0.2) is 0 Å². The summed E-state index contributed by atoms with van der Waals surface area (Å²) in [5.74, 6) is 0.628. The molecule has 0 saturated heterocycles. The maximum atomic E-state index is 13.2. The minimum Gasteiger partial charge on any atom is -0.497 e. The van der Waals surface area contributed by atoms with E-state index in [2.05, 4.69) is 6.07 Å². The van der Waals surface area contributed by atoms with Crippen LogP contribution in [0.15, 0.2) is 84.3 Å². The van der Waals surface area contributed by atoms with E-state index >= 15 is 0 Å². The zero-order chi connectivity index (χ0) is 20.7. The predicted octanol–water partition coefficient (Wildman–Crippen LogP) is 4.57. The van der Waals surface area contributed by atoms with Crippen molar-refractivity contribution in [2.45, 2.75) is 6.54 Å². The standard InChI is InChI=1S/C23H20N2O3S/c1-28-23-13-11-22(12-14-23)25(18-21-10-6-5-9-20(21)17-24)29(26,27)16-15-19-7-3-2-4-8-19/h2-16H,18H2,1H3. The first-order chi connectivity index (χ1) is 14.0. The highest BCUT2D eigenvalue weighted by Crippen LogP contribution is 2.26. The molecule has 146 valence electrons. The average molecular weight is 404 g/mol. The number of sulfonamides is 1. The number of ether oxygens (including phenoxy) is 1. The highest BCUT2D eigenvalue weighted by atomic mass is 32.2. The van der Waals surface area contributed by atoms with E-state index in [1.165, 1.54) is 9.71 Å². The summed E-state index contributed by atoms with van der Waals surface area (Å²) in [5, 5.41) is 10.6. The van der Waals surface area contributed by atoms with Crippen molar-refractivity contribution in [3.05, 3.63) is 101 Å². The Labute approximate surface area is 171 Å². The molecule has 0 unspecified atom stereocenters. The molecule has 3 aromatic rings. The van der Waals surface area contributed by atoms with Gasteiger partial charge in [-0.3, -0.25) is 4.31 Å². The van der Waals surface area contributed by atoms with Gasteiger partial charge in [-0.25, -0.2) is 8.42 Å². The molecule has 0 saturated carbocycles. The zero-order valence-corrected chi connectivity index (χ0v) is 16.7. The maximum absolute atomic E-state index is 13.2. The van der Waals surface area contributed by atoms with Gasteiger partial charge in [0.2, 0.25) is 0 Å². The topological polar surface area (TPSA) is 70.4 Å². The van der Waals surface area contributed by atoms with E-state index in [4.69, 9.17) is 4.74 Å². The molecular formula is C23H20N2O3S. The Morgan fingerprint density at radius 3 is 2.28 bits per heavy atom. The molecule has 0 heterocycles. The largest absolute Gasteiger partial charge is 0.497 e. The van der Waals surface area contributed by atoms with Crippen molar-refractivity contribution in [1.82, 2.24) is 0 Å². The third kappa shape index (κ3) is 5.03. The molecular weight excluding hydrogens is 384 g/mol. The van der Waals surface area contributed by atoms with E-state index in [1.807, 2.05) is 30.3 Å². The van der Waals surface area contributed by atoms with E-state index < -0.39 is 10.0 Å². The fraction of sp³-hybridized carbons (Fsp3) is 0.0870. The number of anilines is 1. The second-order valence-electron chi connectivity index (χ2n) is 6.23. The van der Waals surface area contributed by atoms with Crippen LogP contribution in [0.25, 0.3) is 6.08 Å². The van der Waals surface area contributed by atoms with Crippen LogP contribution in [-0.2, 0) is 16.6 Å². The Morgan fingerprint density at radius 2 is 1.62 bits per heavy atom. The number of hydrogen-bond acceptors (Lipinski definition) is 4. The van der Waals surface area contributed by atoms with E-state index in [9.17, 15) is 13.7 Å². The van der Waals surface area contributed by atoms with Gasteiger partial charge < -0.3 is 4.74 Å². The molecule has 0 amide bonds. The van der Waals surface area contributed by atoms with E-state index in [-0.39, 0.29) is 6.54 Å². The van der Waals surface area contributed by atoms with Gasteiger partial charge in [-0.15, -0.1) is 0 Å². The van der Waals surface area contributed by atoms with Crippen LogP contribution >= 0.6 is 0 Å². The minimum absolute atomic E-state index is 0.0392. The first-order valence-electron chi connectivity index (χ1n) is 8.91. The lowest BCUT2D eigenvalue weighted by Crippen LogP contribution is -2.29. The highest BCUT2D eigenvalue weighted by Gasteiger charge is 2.21. The minimum atomic E-state index is -3.81. The molecule has 0 bridgehead atoms. The molecule has 0 aliphatic heterocycles. The first kappa shape index (κ1) is 20.2. The van der Waals surface area contributed by atoms with Crippen LogP contribution < -0.4 is 9.04 Å². The molecule has 0 fully saturated rings. The second kappa shape index (κ2) is 9.09. The summed E-state index contributed by atoms with van der Waals surface area (Å²) >= 11 is 0. The monoisotopic (exact) mass is 404 g/mol. The normalized spacial score (nSPS) is 11.2. The molecule has 0 N–H and O–H groups in total. The van der Waals surface area contributed by atoms with Gasteiger partial charge in [-0.2, -0.15) is 5.26 Å². The molecule has 0 aliphatic carbocycles. The van der Waals surface area contributed by atoms with Crippen molar-refractivity contribution in [3.63, 3.8) is 0 Å². The number of rotatable bonds is 7. The summed E-state index contributed by atoms with van der Waals surface area (Å²) in [6, 6.07) is 25.1. The molecule has 6 heteroatoms. The van der Waals surface area contributed by atoms with E-state index in [0.29, 0.717) is 22.6 Å². The van der Waals surface area contributed by atoms with Crippen LogP contribution in [-0.4, -0.2) is 15.5 Å². The first-order valence-corrected chi connectivity index (χ1v) is 10.4. The lowest BCUT2D eigenvalue weighted by Gasteiger charge is -2.23. The van der Waals surface area contributed by atoms with Gasteiger partial charge in [0.25, 0.3) is 10.0 Å². The quantitative estimate of drug-likeness (QED) is 0.578. The van der Waals surface area contributed by atoms with Gasteiger partial charge in [0.1, 0.15) is 5.75 Å². The van der Waals surface area contributed by atoms with Crippen LogP contribution in [0.1, 0.15) is 16.7 Å². The number of hydrogen-bond donors (Lipinski definition) is 0. The van der Waals surface area contributed by atoms with Crippen molar-refractivity contribution >= 4 is 21.8 Å². The van der Waals surface area contributed by atoms with Crippen LogP contribution in [0.4, 0.5) is 5.69 Å². The SMILES string of the molecule is COc1ccc(N(Cc2ccccc2C#N)S(=O)(=O)C=Cc2ccccc2)cc1. The lowest BCUT2D eigenvalue weighted by atomic mass is 10.1. The molecule has 0 spiro atoms. The highest BCUT2D eigenvalue weighted by molar-refractivity contribution is 7.95. The van der Waals surface area contributed by atoms with Crippen molar-refractivity contribution in [3.8, 4) is 11.8 Å². The van der Waals surface area contributed by atoms with Gasteiger partial charge in [-0.1, -0.05) is 48.5 Å². The van der Waals surface area contributed by atoms with Gasteiger partial charge in [0, 0.05) is 0 Å². The summed E-state index contributed by atoms with van der Waals surface area (Å²) in [4.78, 5) is 0.